The molecule has 0 aromatic rings. The van der Waals surface area contributed by atoms with Crippen molar-refractivity contribution >= 4 is 5.97 Å². The van der Waals surface area contributed by atoms with E-state index in [9.17, 15) is 91.6 Å². The van der Waals surface area contributed by atoms with Crippen molar-refractivity contribution in [1.82, 2.24) is 0 Å². The Kier molecular flexibility index (Phi) is 18.2. The first-order valence-electron chi connectivity index (χ1n) is 26.9. The Labute approximate surface area is 448 Å². The van der Waals surface area contributed by atoms with Gasteiger partial charge in [0.1, 0.15) is 122 Å². The fraction of sp³-hybridized carbons (Fsp3) is 0.940. The molecule has 5 heterocycles. The summed E-state index contributed by atoms with van der Waals surface area (Å²) < 4.78 is 59.1. The number of carbonyl (C=O) groups is 1. The topological polar surface area (TPSA) is 453 Å². The Morgan fingerprint density at radius 3 is 1.44 bits per heavy atom. The molecule has 2 bridgehead atoms. The lowest BCUT2D eigenvalue weighted by molar-refractivity contribution is -0.387. The molecular weight excluding hydrogens is 1050 g/mol. The van der Waals surface area contributed by atoms with E-state index in [0.29, 0.717) is 51.4 Å². The molecule has 78 heavy (non-hydrogen) atoms. The van der Waals surface area contributed by atoms with Crippen molar-refractivity contribution < 1.29 is 139 Å². The zero-order valence-corrected chi connectivity index (χ0v) is 43.3. The van der Waals surface area contributed by atoms with E-state index in [0.717, 1.165) is 12.0 Å². The maximum absolute atomic E-state index is 14.8. The summed E-state index contributed by atoms with van der Waals surface area (Å²) in [6.45, 7) is 4.32. The zero-order chi connectivity index (χ0) is 56.7. The Bertz CT molecular complexity index is 2070. The lowest BCUT2D eigenvalue weighted by atomic mass is 9.41. The van der Waals surface area contributed by atoms with E-state index < -0.39 is 214 Å². The van der Waals surface area contributed by atoms with E-state index in [-0.39, 0.29) is 11.8 Å². The van der Waals surface area contributed by atoms with Gasteiger partial charge in [0.25, 0.3) is 0 Å². The molecule has 0 aromatic heterocycles. The third-order valence-electron chi connectivity index (χ3n) is 19.2. The van der Waals surface area contributed by atoms with Crippen LogP contribution >= 0.6 is 0 Å². The van der Waals surface area contributed by atoms with E-state index >= 15 is 0 Å². The van der Waals surface area contributed by atoms with Gasteiger partial charge in [-0.1, -0.05) is 19.9 Å². The summed E-state index contributed by atoms with van der Waals surface area (Å²) in [6.07, 6.45) is -39.0. The minimum Gasteiger partial charge on any atom is -0.432 e. The van der Waals surface area contributed by atoms with Crippen molar-refractivity contribution in [2.45, 2.75) is 231 Å². The van der Waals surface area contributed by atoms with Crippen LogP contribution in [0.5, 0.6) is 0 Å². The fourth-order valence-corrected chi connectivity index (χ4v) is 15.0. The largest absolute Gasteiger partial charge is 0.432 e. The molecule has 17 N–H and O–H groups in total. The summed E-state index contributed by atoms with van der Waals surface area (Å²) in [5.74, 6) is -1.03. The summed E-state index contributed by atoms with van der Waals surface area (Å²) in [4.78, 5) is 14.8. The number of aliphatic hydroxyl groups is 17. The first-order chi connectivity index (χ1) is 36.9. The normalized spacial score (nSPS) is 54.5. The molecule has 5 saturated heterocycles. The SMILES string of the molecule is C=C1C[C@]23CC[C@H]4C(C)(C(=O)OC5O[C@H](CO)[C@@H](O[C@H]6O[C@H](CO)[C@@H](O)[C@H](O)[C@H]6O[C@H]6O[C@H](CO)[C@@H](O)[C@H](O)[C@H]6O)[C@H](O)[C@H]5O)CCC[C@]4(C)[C@H]2CC[C@]1(O[C@@H]1O[C@H](CO)[C@@H](O)[C@H](O)[C@H]1O[C@@H]1O[C@H](CO)[C@@H](O)[C@H](O)[C@H]1O)C3. The molecule has 28 heteroatoms. The third-order valence-corrected chi connectivity index (χ3v) is 19.2. The van der Waals surface area contributed by atoms with Crippen LogP contribution in [0, 0.1) is 28.1 Å². The van der Waals surface area contributed by atoms with Crippen LogP contribution < -0.4 is 0 Å². The molecule has 1 spiro atoms. The molecule has 5 aliphatic heterocycles. The van der Waals surface area contributed by atoms with Gasteiger partial charge in [0.05, 0.1) is 44.1 Å². The van der Waals surface area contributed by atoms with Crippen LogP contribution in [0.1, 0.15) is 71.6 Å². The third kappa shape index (κ3) is 10.3. The van der Waals surface area contributed by atoms with Gasteiger partial charge in [0.2, 0.25) is 6.29 Å². The van der Waals surface area contributed by atoms with Crippen LogP contribution in [0.15, 0.2) is 12.2 Å². The highest BCUT2D eigenvalue weighted by Gasteiger charge is 2.70. The lowest BCUT2D eigenvalue weighted by Gasteiger charge is -2.64. The van der Waals surface area contributed by atoms with Crippen LogP contribution in [0.4, 0.5) is 0 Å². The van der Waals surface area contributed by atoms with Gasteiger partial charge in [0.15, 0.2) is 25.2 Å². The Hall–Kier alpha value is -1.83. The molecular formula is C50H80O28. The average Bonchev–Trinajstić information content (AvgIpc) is 3.85. The van der Waals surface area contributed by atoms with E-state index in [1.807, 2.05) is 0 Å². The zero-order valence-electron chi connectivity index (χ0n) is 43.3. The summed E-state index contributed by atoms with van der Waals surface area (Å²) in [5, 5.41) is 181. The number of hydrogen-bond donors (Lipinski definition) is 17. The summed E-state index contributed by atoms with van der Waals surface area (Å²) >= 11 is 0. The minimum atomic E-state index is -2.03. The number of carbonyl (C=O) groups excluding carboxylic acids is 1. The Morgan fingerprint density at radius 1 is 0.487 bits per heavy atom. The van der Waals surface area contributed by atoms with E-state index in [1.54, 1.807) is 6.92 Å². The van der Waals surface area contributed by atoms with Crippen LogP contribution in [0.2, 0.25) is 0 Å². The molecule has 9 rings (SSSR count). The molecule has 9 aliphatic rings. The smallest absolute Gasteiger partial charge is 0.314 e. The monoisotopic (exact) mass is 1130 g/mol. The van der Waals surface area contributed by atoms with Gasteiger partial charge < -0.3 is 134 Å². The highest BCUT2D eigenvalue weighted by Crippen LogP contribution is 2.74. The van der Waals surface area contributed by atoms with E-state index in [4.69, 9.17) is 47.4 Å². The van der Waals surface area contributed by atoms with Crippen LogP contribution in [-0.2, 0) is 52.2 Å². The maximum atomic E-state index is 14.8. The lowest BCUT2D eigenvalue weighted by Crippen LogP contribution is -2.67. The first kappa shape index (κ1) is 60.8. The Morgan fingerprint density at radius 2 is 0.910 bits per heavy atom. The number of ether oxygens (including phenoxy) is 10. The van der Waals surface area contributed by atoms with Crippen molar-refractivity contribution in [3.8, 4) is 0 Å². The predicted molar refractivity (Wildman–Crippen MR) is 252 cm³/mol. The van der Waals surface area contributed by atoms with Crippen molar-refractivity contribution in [1.29, 1.82) is 0 Å². The Balaban J connectivity index is 0.883. The second-order valence-corrected chi connectivity index (χ2v) is 23.6. The highest BCUT2D eigenvalue weighted by atomic mass is 16.8. The predicted octanol–water partition coefficient (Wildman–Crippen LogP) is -7.29. The van der Waals surface area contributed by atoms with Gasteiger partial charge in [-0.25, -0.2) is 0 Å². The van der Waals surface area contributed by atoms with Crippen LogP contribution in [-0.4, -0.2) is 285 Å². The second kappa shape index (κ2) is 23.3. The van der Waals surface area contributed by atoms with E-state index in [2.05, 4.69) is 13.5 Å². The fourth-order valence-electron chi connectivity index (χ4n) is 15.0. The number of hydrogen-bond acceptors (Lipinski definition) is 28. The molecule has 4 saturated carbocycles. The second-order valence-electron chi connectivity index (χ2n) is 23.6. The molecule has 0 radical (unpaired) electrons. The van der Waals surface area contributed by atoms with Crippen molar-refractivity contribution in [2.24, 2.45) is 28.1 Å². The number of aliphatic hydroxyl groups excluding tert-OH is 17. The molecule has 4 aliphatic carbocycles. The van der Waals surface area contributed by atoms with Gasteiger partial charge in [-0.15, -0.1) is 0 Å². The summed E-state index contributed by atoms with van der Waals surface area (Å²) in [5.41, 5.74) is -2.44. The van der Waals surface area contributed by atoms with Crippen LogP contribution in [0.3, 0.4) is 0 Å². The molecule has 0 amide bonds. The first-order valence-corrected chi connectivity index (χ1v) is 26.9. The van der Waals surface area contributed by atoms with Gasteiger partial charge in [-0.3, -0.25) is 4.79 Å². The van der Waals surface area contributed by atoms with Crippen molar-refractivity contribution in [2.75, 3.05) is 33.0 Å². The molecule has 9 fully saturated rings. The van der Waals surface area contributed by atoms with Gasteiger partial charge in [-0.05, 0) is 86.5 Å². The standard InChI is InChI=1S/C50H80O28/c1-18-11-49-9-5-24-47(2,25(49)6-10-50(18,17-49)78-45-40(33(63)29(59)22(15-54)72-45)76-42-36(66)31(61)27(57)20(13-52)70-42)7-4-8-48(24,3)46(68)77-43-37(67)34(64)38(23(16-55)73-43)74-44-39(32(62)28(58)21(14-53)71-44)75-41-35(65)30(60)26(56)19(12-51)69-41/h19-45,51-67H,1,4-17H2,2-3H3/t19-,20-,21-,22-,23-,24-,25-,26-,27-,28-,29-,30+,31+,32+,33+,34-,35-,36-,37-,38-,39-,40-,41-,42+,43?,44-,45+,47+,48?,49+,50+/m1/s1. The highest BCUT2D eigenvalue weighted by molar-refractivity contribution is 5.77. The van der Waals surface area contributed by atoms with Crippen molar-refractivity contribution in [3.05, 3.63) is 12.2 Å². The molecule has 2 unspecified atom stereocenters. The van der Waals surface area contributed by atoms with Gasteiger partial charge >= 0.3 is 5.97 Å². The number of esters is 1. The summed E-state index contributed by atoms with van der Waals surface area (Å²) in [7, 11) is 0. The summed E-state index contributed by atoms with van der Waals surface area (Å²) in [6, 6.07) is 0. The molecule has 28 nitrogen and oxygen atoms in total. The van der Waals surface area contributed by atoms with Crippen LogP contribution in [0.25, 0.3) is 0 Å². The minimum absolute atomic E-state index is 0.00575. The molecule has 0 aromatic carbocycles. The average molecular weight is 1130 g/mol. The molecule has 31 atom stereocenters. The molecule has 448 valence electrons. The number of rotatable bonds is 15. The number of fused-ring (bicyclic) bond motifs is 3. The maximum Gasteiger partial charge on any atom is 0.314 e. The van der Waals surface area contributed by atoms with Crippen molar-refractivity contribution in [3.63, 3.8) is 0 Å². The van der Waals surface area contributed by atoms with E-state index in [1.165, 1.54) is 0 Å². The quantitative estimate of drug-likeness (QED) is 0.0411. The van der Waals surface area contributed by atoms with Gasteiger partial charge in [-0.2, -0.15) is 0 Å². The van der Waals surface area contributed by atoms with Gasteiger partial charge in [0, 0.05) is 0 Å².